The molecule has 1 rings (SSSR count). The van der Waals surface area contributed by atoms with Crippen LogP contribution in [0.3, 0.4) is 0 Å². The molecule has 0 saturated heterocycles. The first-order chi connectivity index (χ1) is 5.74. The molecule has 1 aromatic heterocycles. The zero-order chi connectivity index (χ0) is 8.97. The van der Waals surface area contributed by atoms with Crippen LogP contribution in [0, 0.1) is 6.92 Å². The Labute approximate surface area is 73.0 Å². The van der Waals surface area contributed by atoms with Crippen LogP contribution < -0.4 is 5.73 Å². The summed E-state index contributed by atoms with van der Waals surface area (Å²) >= 11 is 0. The highest BCUT2D eigenvalue weighted by molar-refractivity contribution is 5.37. The number of hydrogen-bond donors (Lipinski definition) is 1. The largest absolute Gasteiger partial charge is 0.383 e. The van der Waals surface area contributed by atoms with E-state index in [1.54, 1.807) is 0 Å². The average molecular weight is 165 g/mol. The van der Waals surface area contributed by atoms with Crippen LogP contribution in [0.4, 0.5) is 5.82 Å². The zero-order valence-corrected chi connectivity index (χ0v) is 7.67. The summed E-state index contributed by atoms with van der Waals surface area (Å²) in [4.78, 5) is 8.19. The van der Waals surface area contributed by atoms with Crippen LogP contribution in [0.25, 0.3) is 0 Å². The van der Waals surface area contributed by atoms with Gasteiger partial charge in [-0.25, -0.2) is 9.97 Å². The van der Waals surface area contributed by atoms with Crippen molar-refractivity contribution < 1.29 is 0 Å². The number of rotatable bonds is 3. The molecule has 2 N–H and O–H groups in total. The Morgan fingerprint density at radius 1 is 1.50 bits per heavy atom. The van der Waals surface area contributed by atoms with E-state index >= 15 is 0 Å². The topological polar surface area (TPSA) is 51.8 Å². The predicted octanol–water partition coefficient (Wildman–Crippen LogP) is 1.71. The van der Waals surface area contributed by atoms with Gasteiger partial charge in [-0.05, 0) is 19.8 Å². The Kier molecular flexibility index (Phi) is 3.02. The molecule has 0 spiro atoms. The first kappa shape index (κ1) is 8.97. The van der Waals surface area contributed by atoms with E-state index in [-0.39, 0.29) is 0 Å². The van der Waals surface area contributed by atoms with Crippen molar-refractivity contribution in [1.82, 2.24) is 9.97 Å². The van der Waals surface area contributed by atoms with Gasteiger partial charge in [-0.2, -0.15) is 0 Å². The first-order valence-corrected chi connectivity index (χ1v) is 4.32. The van der Waals surface area contributed by atoms with Crippen molar-refractivity contribution in [2.75, 3.05) is 5.73 Å². The quantitative estimate of drug-likeness (QED) is 0.741. The lowest BCUT2D eigenvalue weighted by Gasteiger charge is -2.02. The molecule has 0 fully saturated rings. The van der Waals surface area contributed by atoms with Crippen molar-refractivity contribution in [2.24, 2.45) is 0 Å². The van der Waals surface area contributed by atoms with Crippen LogP contribution in [0.1, 0.15) is 31.2 Å². The Morgan fingerprint density at radius 2 is 2.25 bits per heavy atom. The molecule has 0 radical (unpaired) electrons. The summed E-state index contributed by atoms with van der Waals surface area (Å²) in [6.07, 6.45) is 5.14. The van der Waals surface area contributed by atoms with Gasteiger partial charge in [0, 0.05) is 11.8 Å². The summed E-state index contributed by atoms with van der Waals surface area (Å²) in [6.45, 7) is 4.01. The maximum Gasteiger partial charge on any atom is 0.130 e. The van der Waals surface area contributed by atoms with E-state index in [1.165, 1.54) is 6.42 Å². The fourth-order valence-electron chi connectivity index (χ4n) is 1.07. The van der Waals surface area contributed by atoms with Crippen molar-refractivity contribution in [3.8, 4) is 0 Å². The van der Waals surface area contributed by atoms with Gasteiger partial charge in [-0.1, -0.05) is 13.3 Å². The summed E-state index contributed by atoms with van der Waals surface area (Å²) in [6, 6.07) is 0. The van der Waals surface area contributed by atoms with Gasteiger partial charge < -0.3 is 5.73 Å². The minimum atomic E-state index is 0.635. The molecule has 66 valence electrons. The molecule has 0 aromatic carbocycles. The van der Waals surface area contributed by atoms with Gasteiger partial charge in [0.2, 0.25) is 0 Å². The third kappa shape index (κ3) is 2.19. The molecule has 3 nitrogen and oxygen atoms in total. The summed E-state index contributed by atoms with van der Waals surface area (Å²) < 4.78 is 0. The van der Waals surface area contributed by atoms with Gasteiger partial charge >= 0.3 is 0 Å². The number of aryl methyl sites for hydroxylation is 2. The van der Waals surface area contributed by atoms with E-state index in [0.717, 1.165) is 24.2 Å². The second-order valence-electron chi connectivity index (χ2n) is 2.93. The van der Waals surface area contributed by atoms with E-state index in [1.807, 2.05) is 13.1 Å². The van der Waals surface area contributed by atoms with Gasteiger partial charge in [0.25, 0.3) is 0 Å². The van der Waals surface area contributed by atoms with Crippen LogP contribution in [0.15, 0.2) is 6.20 Å². The number of nitrogens with two attached hydrogens (primary N) is 1. The number of aromatic nitrogens is 2. The molecular formula is C9H15N3. The number of unbranched alkanes of at least 4 members (excludes halogenated alkanes) is 1. The van der Waals surface area contributed by atoms with Crippen LogP contribution in [-0.2, 0) is 6.42 Å². The molecule has 0 bridgehead atoms. The number of hydrogen-bond acceptors (Lipinski definition) is 3. The molecule has 0 aliphatic carbocycles. The van der Waals surface area contributed by atoms with Crippen LogP contribution in [0.2, 0.25) is 0 Å². The Hall–Kier alpha value is -1.12. The number of anilines is 1. The van der Waals surface area contributed by atoms with Crippen molar-refractivity contribution >= 4 is 5.82 Å². The Bertz CT molecular complexity index is 258. The van der Waals surface area contributed by atoms with E-state index in [9.17, 15) is 0 Å². The molecule has 0 unspecified atom stereocenters. The van der Waals surface area contributed by atoms with Crippen LogP contribution in [-0.4, -0.2) is 9.97 Å². The Morgan fingerprint density at radius 3 is 2.83 bits per heavy atom. The summed E-state index contributed by atoms with van der Waals surface area (Å²) in [7, 11) is 0. The monoisotopic (exact) mass is 165 g/mol. The fourth-order valence-corrected chi connectivity index (χ4v) is 1.07. The molecule has 1 aromatic rings. The van der Waals surface area contributed by atoms with Crippen LogP contribution >= 0.6 is 0 Å². The minimum Gasteiger partial charge on any atom is -0.383 e. The summed E-state index contributed by atoms with van der Waals surface area (Å²) in [5.41, 5.74) is 6.78. The molecule has 0 aliphatic heterocycles. The summed E-state index contributed by atoms with van der Waals surface area (Å²) in [5.74, 6) is 1.38. The average Bonchev–Trinajstić information content (AvgIpc) is 2.03. The highest BCUT2D eigenvalue weighted by Crippen LogP contribution is 2.10. The highest BCUT2D eigenvalue weighted by atomic mass is 14.9. The van der Waals surface area contributed by atoms with Gasteiger partial charge in [0.1, 0.15) is 11.6 Å². The maximum atomic E-state index is 5.71. The normalized spacial score (nSPS) is 10.2. The molecule has 1 heterocycles. The lowest BCUT2D eigenvalue weighted by atomic mass is 10.1. The molecule has 0 aliphatic rings. The maximum absolute atomic E-state index is 5.71. The third-order valence-corrected chi connectivity index (χ3v) is 1.82. The van der Waals surface area contributed by atoms with Crippen molar-refractivity contribution in [3.63, 3.8) is 0 Å². The smallest absolute Gasteiger partial charge is 0.130 e. The van der Waals surface area contributed by atoms with Gasteiger partial charge in [-0.3, -0.25) is 0 Å². The van der Waals surface area contributed by atoms with Crippen molar-refractivity contribution in [2.45, 2.75) is 33.1 Å². The van der Waals surface area contributed by atoms with E-state index in [0.29, 0.717) is 5.82 Å². The lowest BCUT2D eigenvalue weighted by Crippen LogP contribution is -2.01. The predicted molar refractivity (Wildman–Crippen MR) is 49.8 cm³/mol. The van der Waals surface area contributed by atoms with Gasteiger partial charge in [0.15, 0.2) is 0 Å². The third-order valence-electron chi connectivity index (χ3n) is 1.82. The molecule has 12 heavy (non-hydrogen) atoms. The standard InChI is InChI=1S/C9H15N3/c1-3-4-5-8-6-11-7(2)12-9(8)10/h6H,3-5H2,1-2H3,(H2,10,11,12). The second-order valence-corrected chi connectivity index (χ2v) is 2.93. The number of nitrogen functional groups attached to an aromatic ring is 1. The molecule has 3 heteroatoms. The van der Waals surface area contributed by atoms with Crippen molar-refractivity contribution in [3.05, 3.63) is 17.6 Å². The molecule has 0 saturated carbocycles. The first-order valence-electron chi connectivity index (χ1n) is 4.32. The van der Waals surface area contributed by atoms with E-state index in [4.69, 9.17) is 5.73 Å². The SMILES string of the molecule is CCCCc1cnc(C)nc1N. The lowest BCUT2D eigenvalue weighted by molar-refractivity contribution is 0.788. The summed E-state index contributed by atoms with van der Waals surface area (Å²) in [5, 5.41) is 0. The van der Waals surface area contributed by atoms with Crippen LogP contribution in [0.5, 0.6) is 0 Å². The molecule has 0 amide bonds. The minimum absolute atomic E-state index is 0.635. The van der Waals surface area contributed by atoms with E-state index < -0.39 is 0 Å². The van der Waals surface area contributed by atoms with Crippen molar-refractivity contribution in [1.29, 1.82) is 0 Å². The Balaban J connectivity index is 2.72. The van der Waals surface area contributed by atoms with E-state index in [2.05, 4.69) is 16.9 Å². The number of nitrogens with zero attached hydrogens (tertiary/aromatic N) is 2. The molecular weight excluding hydrogens is 150 g/mol. The second kappa shape index (κ2) is 4.04. The van der Waals surface area contributed by atoms with Gasteiger partial charge in [0.05, 0.1) is 0 Å². The fraction of sp³-hybridized carbons (Fsp3) is 0.556. The highest BCUT2D eigenvalue weighted by Gasteiger charge is 2.00. The van der Waals surface area contributed by atoms with Gasteiger partial charge in [-0.15, -0.1) is 0 Å². The molecule has 0 atom stereocenters. The zero-order valence-electron chi connectivity index (χ0n) is 7.67.